The SMILES string of the molecule is CC(C)(C)OC(=O)N1CCC(Oc2ncccc2NS(=O)(=O)c2ccc3cc(C(=O)NO)oc3c2)CC1. The Morgan fingerprint density at radius 2 is 1.89 bits per heavy atom. The first-order valence-corrected chi connectivity index (χ1v) is 13.0. The molecule has 1 saturated heterocycles. The Labute approximate surface area is 213 Å². The van der Waals surface area contributed by atoms with Gasteiger partial charge in [0.15, 0.2) is 5.76 Å². The van der Waals surface area contributed by atoms with Gasteiger partial charge in [0.25, 0.3) is 10.0 Å². The summed E-state index contributed by atoms with van der Waals surface area (Å²) in [5.41, 5.74) is 1.19. The number of sulfonamides is 1. The van der Waals surface area contributed by atoms with E-state index in [9.17, 15) is 18.0 Å². The smallest absolute Gasteiger partial charge is 0.410 e. The van der Waals surface area contributed by atoms with Gasteiger partial charge in [-0.3, -0.25) is 14.7 Å². The van der Waals surface area contributed by atoms with Gasteiger partial charge in [-0.15, -0.1) is 0 Å². The maximum absolute atomic E-state index is 13.1. The van der Waals surface area contributed by atoms with Crippen molar-refractivity contribution < 1.29 is 37.1 Å². The van der Waals surface area contributed by atoms with Crippen LogP contribution in [0.2, 0.25) is 0 Å². The van der Waals surface area contributed by atoms with E-state index in [2.05, 4.69) is 9.71 Å². The monoisotopic (exact) mass is 532 g/mol. The summed E-state index contributed by atoms with van der Waals surface area (Å²) in [6.45, 7) is 6.30. The number of nitrogens with zero attached hydrogens (tertiary/aromatic N) is 2. The topological polar surface area (TPSA) is 160 Å². The van der Waals surface area contributed by atoms with E-state index in [0.717, 1.165) is 0 Å². The van der Waals surface area contributed by atoms with Crippen LogP contribution in [0.1, 0.15) is 44.2 Å². The van der Waals surface area contributed by atoms with Gasteiger partial charge in [0.05, 0.1) is 4.90 Å². The minimum atomic E-state index is -4.07. The Morgan fingerprint density at radius 1 is 1.16 bits per heavy atom. The molecule has 2 aromatic heterocycles. The molecule has 4 rings (SSSR count). The average Bonchev–Trinajstić information content (AvgIpc) is 3.27. The van der Waals surface area contributed by atoms with Gasteiger partial charge in [0.1, 0.15) is 23.0 Å². The molecule has 0 atom stereocenters. The third-order valence-electron chi connectivity index (χ3n) is 5.51. The molecule has 12 nitrogen and oxygen atoms in total. The number of rotatable bonds is 6. The van der Waals surface area contributed by atoms with Crippen molar-refractivity contribution in [1.82, 2.24) is 15.4 Å². The van der Waals surface area contributed by atoms with Crippen LogP contribution in [-0.4, -0.2) is 60.3 Å². The number of piperidine rings is 1. The van der Waals surface area contributed by atoms with Crippen LogP contribution in [0.25, 0.3) is 11.0 Å². The van der Waals surface area contributed by atoms with Crippen molar-refractivity contribution in [2.24, 2.45) is 0 Å². The molecule has 3 heterocycles. The van der Waals surface area contributed by atoms with E-state index in [1.165, 1.54) is 42.0 Å². The van der Waals surface area contributed by atoms with Crippen LogP contribution in [0.3, 0.4) is 0 Å². The summed E-state index contributed by atoms with van der Waals surface area (Å²) in [5, 5.41) is 9.26. The second-order valence-corrected chi connectivity index (χ2v) is 11.2. The molecule has 0 bridgehead atoms. The fourth-order valence-corrected chi connectivity index (χ4v) is 4.82. The number of anilines is 1. The van der Waals surface area contributed by atoms with E-state index < -0.39 is 21.5 Å². The summed E-state index contributed by atoms with van der Waals surface area (Å²) in [5.74, 6) is -0.906. The lowest BCUT2D eigenvalue weighted by Crippen LogP contribution is -2.44. The molecule has 1 fully saturated rings. The highest BCUT2D eigenvalue weighted by Gasteiger charge is 2.29. The van der Waals surface area contributed by atoms with Crippen molar-refractivity contribution in [3.8, 4) is 5.88 Å². The zero-order chi connectivity index (χ0) is 26.8. The van der Waals surface area contributed by atoms with Crippen LogP contribution in [0.15, 0.2) is 51.9 Å². The number of aromatic nitrogens is 1. The van der Waals surface area contributed by atoms with Gasteiger partial charge in [-0.2, -0.15) is 0 Å². The molecule has 1 aliphatic heterocycles. The van der Waals surface area contributed by atoms with E-state index in [-0.39, 0.29) is 40.0 Å². The lowest BCUT2D eigenvalue weighted by atomic mass is 10.1. The lowest BCUT2D eigenvalue weighted by molar-refractivity contribution is 0.0123. The molecule has 198 valence electrons. The number of amides is 2. The zero-order valence-corrected chi connectivity index (χ0v) is 21.4. The number of hydrogen-bond donors (Lipinski definition) is 3. The number of furan rings is 1. The molecule has 0 unspecified atom stereocenters. The van der Waals surface area contributed by atoms with Crippen LogP contribution < -0.4 is 14.9 Å². The second kappa shape index (κ2) is 10.3. The second-order valence-electron chi connectivity index (χ2n) is 9.50. The van der Waals surface area contributed by atoms with Crippen LogP contribution in [-0.2, 0) is 14.8 Å². The number of ether oxygens (including phenoxy) is 2. The summed E-state index contributed by atoms with van der Waals surface area (Å²) < 4.78 is 45.5. The van der Waals surface area contributed by atoms with Gasteiger partial charge in [0.2, 0.25) is 5.88 Å². The maximum atomic E-state index is 13.1. The quantitative estimate of drug-likeness (QED) is 0.319. The van der Waals surface area contributed by atoms with E-state index in [4.69, 9.17) is 19.1 Å². The van der Waals surface area contributed by atoms with Crippen molar-refractivity contribution in [2.75, 3.05) is 17.8 Å². The molecule has 0 spiro atoms. The number of likely N-dealkylation sites (tertiary alicyclic amines) is 1. The van der Waals surface area contributed by atoms with Crippen molar-refractivity contribution in [2.45, 2.75) is 50.2 Å². The number of carbonyl (C=O) groups excluding carboxylic acids is 2. The highest BCUT2D eigenvalue weighted by molar-refractivity contribution is 7.92. The summed E-state index contributed by atoms with van der Waals surface area (Å²) >= 11 is 0. The fraction of sp³-hybridized carbons (Fsp3) is 0.375. The number of hydrogen-bond acceptors (Lipinski definition) is 9. The Hall–Kier alpha value is -3.84. The summed E-state index contributed by atoms with van der Waals surface area (Å²) in [7, 11) is -4.07. The maximum Gasteiger partial charge on any atom is 0.410 e. The molecule has 2 amide bonds. The molecule has 0 radical (unpaired) electrons. The van der Waals surface area contributed by atoms with Crippen molar-refractivity contribution >= 4 is 38.7 Å². The largest absolute Gasteiger partial charge is 0.473 e. The molecule has 37 heavy (non-hydrogen) atoms. The molecule has 13 heteroatoms. The van der Waals surface area contributed by atoms with Crippen molar-refractivity contribution in [3.05, 3.63) is 48.4 Å². The van der Waals surface area contributed by atoms with Gasteiger partial charge >= 0.3 is 12.0 Å². The Kier molecular flexibility index (Phi) is 7.28. The molecule has 1 aromatic carbocycles. The molecular weight excluding hydrogens is 504 g/mol. The predicted molar refractivity (Wildman–Crippen MR) is 132 cm³/mol. The number of carbonyl (C=O) groups is 2. The van der Waals surface area contributed by atoms with Crippen molar-refractivity contribution in [1.29, 1.82) is 0 Å². The predicted octanol–water partition coefficient (Wildman–Crippen LogP) is 3.53. The standard InChI is InChI=1S/C24H28N4O8S/c1-24(2,3)36-23(30)28-11-8-16(9-12-28)34-22-18(5-4-10-25-22)27-37(32,33)17-7-6-15-13-20(21(29)26-31)35-19(15)14-17/h4-7,10,13-14,16,27,31H,8-9,11-12H2,1-3H3,(H,26,29). The van der Waals surface area contributed by atoms with Gasteiger partial charge in [-0.1, -0.05) is 0 Å². The Morgan fingerprint density at radius 3 is 2.57 bits per heavy atom. The number of nitrogens with one attached hydrogen (secondary N) is 2. The average molecular weight is 533 g/mol. The fourth-order valence-electron chi connectivity index (χ4n) is 3.75. The summed E-state index contributed by atoms with van der Waals surface area (Å²) in [4.78, 5) is 29.6. The van der Waals surface area contributed by atoms with Crippen molar-refractivity contribution in [3.63, 3.8) is 0 Å². The van der Waals surface area contributed by atoms with Crippen LogP contribution in [0.5, 0.6) is 5.88 Å². The van der Waals surface area contributed by atoms with Gasteiger partial charge in [0, 0.05) is 43.6 Å². The van der Waals surface area contributed by atoms with Gasteiger partial charge in [-0.25, -0.2) is 23.7 Å². The molecule has 3 N–H and O–H groups in total. The minimum Gasteiger partial charge on any atom is -0.473 e. The molecular formula is C24H28N4O8S. The van der Waals surface area contributed by atoms with Crippen LogP contribution in [0.4, 0.5) is 10.5 Å². The number of pyridine rings is 1. The molecule has 0 aliphatic carbocycles. The van der Waals surface area contributed by atoms with Gasteiger partial charge < -0.3 is 18.8 Å². The van der Waals surface area contributed by atoms with Crippen LogP contribution >= 0.6 is 0 Å². The molecule has 1 aliphatic rings. The zero-order valence-electron chi connectivity index (χ0n) is 20.6. The number of fused-ring (bicyclic) bond motifs is 1. The van der Waals surface area contributed by atoms with E-state index in [0.29, 0.717) is 31.3 Å². The normalized spacial score (nSPS) is 14.9. The Bertz CT molecular complexity index is 1410. The van der Waals surface area contributed by atoms with Gasteiger partial charge in [-0.05, 0) is 51.1 Å². The summed E-state index contributed by atoms with van der Waals surface area (Å²) in [6.07, 6.45) is 1.90. The first-order valence-electron chi connectivity index (χ1n) is 11.6. The third-order valence-corrected chi connectivity index (χ3v) is 6.88. The molecule has 3 aromatic rings. The van der Waals surface area contributed by atoms with Crippen LogP contribution in [0, 0.1) is 0 Å². The summed E-state index contributed by atoms with van der Waals surface area (Å²) in [6, 6.07) is 8.61. The third kappa shape index (κ3) is 6.30. The Balaban J connectivity index is 1.45. The van der Waals surface area contributed by atoms with E-state index in [1.54, 1.807) is 11.0 Å². The lowest BCUT2D eigenvalue weighted by Gasteiger charge is -2.33. The van der Waals surface area contributed by atoms with E-state index in [1.807, 2.05) is 20.8 Å². The number of benzene rings is 1. The minimum absolute atomic E-state index is 0.106. The molecule has 0 saturated carbocycles. The number of hydroxylamine groups is 1. The highest BCUT2D eigenvalue weighted by atomic mass is 32.2. The first-order chi connectivity index (χ1) is 17.4. The first kappa shape index (κ1) is 26.2. The van der Waals surface area contributed by atoms with E-state index >= 15 is 0 Å². The highest BCUT2D eigenvalue weighted by Crippen LogP contribution is 2.29.